The van der Waals surface area contributed by atoms with E-state index in [1.165, 1.54) is 18.5 Å². The maximum absolute atomic E-state index is 14.0. The summed E-state index contributed by atoms with van der Waals surface area (Å²) in [6.45, 7) is 2.20. The molecule has 35 heavy (non-hydrogen) atoms. The molecule has 2 unspecified atom stereocenters. The molecule has 1 amide bonds. The maximum atomic E-state index is 14.0. The first-order chi connectivity index (χ1) is 16.7. The molecule has 2 aliphatic rings. The molecule has 184 valence electrons. The average Bonchev–Trinajstić information content (AvgIpc) is 3.28. The van der Waals surface area contributed by atoms with Gasteiger partial charge in [0.1, 0.15) is 5.69 Å². The van der Waals surface area contributed by atoms with Gasteiger partial charge < -0.3 is 9.64 Å². The molecule has 2 fully saturated rings. The van der Waals surface area contributed by atoms with E-state index in [4.69, 9.17) is 16.3 Å². The summed E-state index contributed by atoms with van der Waals surface area (Å²) in [7, 11) is 0. The van der Waals surface area contributed by atoms with Crippen LogP contribution in [-0.2, 0) is 10.9 Å². The Morgan fingerprint density at radius 1 is 1.11 bits per heavy atom. The van der Waals surface area contributed by atoms with E-state index < -0.39 is 23.9 Å². The van der Waals surface area contributed by atoms with Gasteiger partial charge in [0, 0.05) is 43.5 Å². The normalized spacial score (nSPS) is 21.1. The number of nitrogens with one attached hydrogen (secondary N) is 1. The zero-order valence-electron chi connectivity index (χ0n) is 18.2. The predicted octanol–water partition coefficient (Wildman–Crippen LogP) is 4.18. The molecule has 0 spiro atoms. The number of carbonyl (C=O) groups is 1. The van der Waals surface area contributed by atoms with E-state index in [2.05, 4.69) is 20.1 Å². The van der Waals surface area contributed by atoms with E-state index in [1.807, 2.05) is 0 Å². The van der Waals surface area contributed by atoms with Crippen molar-refractivity contribution in [3.05, 3.63) is 70.5 Å². The molecule has 3 aromatic rings. The van der Waals surface area contributed by atoms with E-state index in [-0.39, 0.29) is 28.1 Å². The van der Waals surface area contributed by atoms with Gasteiger partial charge in [0.05, 0.1) is 41.1 Å². The molecular weight excluding hydrogens is 490 g/mol. The fourth-order valence-corrected chi connectivity index (χ4v) is 4.78. The van der Waals surface area contributed by atoms with Crippen LogP contribution >= 0.6 is 11.6 Å². The van der Waals surface area contributed by atoms with Crippen molar-refractivity contribution >= 4 is 17.5 Å². The van der Waals surface area contributed by atoms with Crippen LogP contribution in [0.25, 0.3) is 11.1 Å². The second-order valence-corrected chi connectivity index (χ2v) is 8.84. The van der Waals surface area contributed by atoms with E-state index in [1.54, 1.807) is 23.1 Å². The second-order valence-electron chi connectivity index (χ2n) is 8.46. The lowest BCUT2D eigenvalue weighted by molar-refractivity contribution is -0.141. The van der Waals surface area contributed by atoms with Crippen LogP contribution in [-0.4, -0.2) is 69.7 Å². The minimum Gasteiger partial charge on any atom is -0.370 e. The van der Waals surface area contributed by atoms with Gasteiger partial charge in [0.25, 0.3) is 5.91 Å². The van der Waals surface area contributed by atoms with Gasteiger partial charge in [-0.05, 0) is 12.1 Å². The van der Waals surface area contributed by atoms with Gasteiger partial charge >= 0.3 is 6.18 Å². The number of aromatic amines is 1. The van der Waals surface area contributed by atoms with Gasteiger partial charge in [-0.2, -0.15) is 22.7 Å². The number of hydrogen-bond donors (Lipinski definition) is 1. The molecule has 0 saturated carbocycles. The molecule has 4 heterocycles. The molecule has 12 heteroatoms. The molecule has 0 radical (unpaired) electrons. The summed E-state index contributed by atoms with van der Waals surface area (Å²) >= 11 is 6.48. The lowest BCUT2D eigenvalue weighted by Gasteiger charge is -2.46. The molecule has 1 N–H and O–H groups in total. The number of rotatable bonds is 3. The number of benzene rings is 1. The van der Waals surface area contributed by atoms with Crippen molar-refractivity contribution in [2.45, 2.75) is 18.3 Å². The topological polar surface area (TPSA) is 74.4 Å². The van der Waals surface area contributed by atoms with Crippen molar-refractivity contribution in [3.8, 4) is 11.1 Å². The number of halogens is 5. The first-order valence-electron chi connectivity index (χ1n) is 10.9. The predicted molar refractivity (Wildman–Crippen MR) is 118 cm³/mol. The molecule has 1 aromatic carbocycles. The fraction of sp³-hybridized carbons (Fsp3) is 0.348. The molecule has 2 atom stereocenters. The van der Waals surface area contributed by atoms with Crippen molar-refractivity contribution in [2.75, 3.05) is 32.8 Å². The van der Waals surface area contributed by atoms with Crippen LogP contribution in [0.5, 0.6) is 0 Å². The number of amides is 1. The molecule has 7 nitrogen and oxygen atoms in total. The highest BCUT2D eigenvalue weighted by Crippen LogP contribution is 2.34. The molecule has 2 aromatic heterocycles. The van der Waals surface area contributed by atoms with Crippen LogP contribution in [0.3, 0.4) is 0 Å². The molecule has 2 aliphatic heterocycles. The van der Waals surface area contributed by atoms with Crippen LogP contribution in [0.1, 0.15) is 27.7 Å². The lowest BCUT2D eigenvalue weighted by atomic mass is 10.0. The Labute approximate surface area is 202 Å². The van der Waals surface area contributed by atoms with Crippen LogP contribution in [0.2, 0.25) is 5.02 Å². The third-order valence-corrected chi connectivity index (χ3v) is 6.75. The van der Waals surface area contributed by atoms with E-state index in [0.717, 1.165) is 6.07 Å². The Hall–Kier alpha value is -3.02. The van der Waals surface area contributed by atoms with Crippen LogP contribution in [0, 0.1) is 5.95 Å². The van der Waals surface area contributed by atoms with E-state index in [9.17, 15) is 22.4 Å². The number of pyridine rings is 1. The summed E-state index contributed by atoms with van der Waals surface area (Å²) < 4.78 is 58.2. The van der Waals surface area contributed by atoms with E-state index >= 15 is 0 Å². The van der Waals surface area contributed by atoms with Crippen LogP contribution in [0.4, 0.5) is 17.6 Å². The number of hydrogen-bond acceptors (Lipinski definition) is 5. The Morgan fingerprint density at radius 3 is 2.63 bits per heavy atom. The standard InChI is InChI=1S/C23H20ClF4N5O2/c24-20-15(17-9-30-31-21(17)25)2-1-3-16(20)22(34)33-7-6-32-11-18(35-12-14(32)10-33)13-4-5-19(29-8-13)23(26,27)28/h1-5,8-9,14,18H,6-7,10-12H2,(H,30,31). The summed E-state index contributed by atoms with van der Waals surface area (Å²) in [6.07, 6.45) is -2.38. The smallest absolute Gasteiger partial charge is 0.370 e. The van der Waals surface area contributed by atoms with Crippen LogP contribution < -0.4 is 0 Å². The van der Waals surface area contributed by atoms with Crippen molar-refractivity contribution in [1.82, 2.24) is 25.0 Å². The third kappa shape index (κ3) is 4.63. The van der Waals surface area contributed by atoms with Crippen molar-refractivity contribution in [2.24, 2.45) is 0 Å². The third-order valence-electron chi connectivity index (χ3n) is 6.34. The first-order valence-corrected chi connectivity index (χ1v) is 11.3. The highest BCUT2D eigenvalue weighted by atomic mass is 35.5. The van der Waals surface area contributed by atoms with Gasteiger partial charge in [0.2, 0.25) is 5.95 Å². The van der Waals surface area contributed by atoms with E-state index in [0.29, 0.717) is 43.9 Å². The average molecular weight is 510 g/mol. The Balaban J connectivity index is 1.26. The monoisotopic (exact) mass is 509 g/mol. The molecule has 0 aliphatic carbocycles. The van der Waals surface area contributed by atoms with Gasteiger partial charge in [-0.3, -0.25) is 19.8 Å². The van der Waals surface area contributed by atoms with Crippen molar-refractivity contribution < 1.29 is 27.1 Å². The number of H-pyrrole nitrogens is 1. The largest absolute Gasteiger partial charge is 0.433 e. The minimum absolute atomic E-state index is 0.0698. The summed E-state index contributed by atoms with van der Waals surface area (Å²) in [5, 5.41) is 6.03. The summed E-state index contributed by atoms with van der Waals surface area (Å²) in [6, 6.07) is 7.13. The van der Waals surface area contributed by atoms with Gasteiger partial charge in [-0.15, -0.1) is 0 Å². The van der Waals surface area contributed by atoms with Crippen LogP contribution in [0.15, 0.2) is 42.7 Å². The zero-order valence-corrected chi connectivity index (χ0v) is 19.0. The number of carbonyl (C=O) groups excluding carboxylic acids is 1. The summed E-state index contributed by atoms with van der Waals surface area (Å²) in [5.74, 6) is -0.906. The number of alkyl halides is 3. The van der Waals surface area contributed by atoms with Gasteiger partial charge in [-0.25, -0.2) is 0 Å². The van der Waals surface area contributed by atoms with Gasteiger partial charge in [-0.1, -0.05) is 29.8 Å². The van der Waals surface area contributed by atoms with Gasteiger partial charge in [0.15, 0.2) is 0 Å². The number of piperazine rings is 1. The highest BCUT2D eigenvalue weighted by Gasteiger charge is 2.37. The fourth-order valence-electron chi connectivity index (χ4n) is 4.47. The maximum Gasteiger partial charge on any atom is 0.433 e. The summed E-state index contributed by atoms with van der Waals surface area (Å²) in [5.41, 5.74) is 0.448. The molecular formula is C23H20ClF4N5O2. The number of fused-ring (bicyclic) bond motifs is 1. The SMILES string of the molecule is O=C(c1cccc(-c2cn[nH]c2F)c1Cl)N1CCN2CC(c3ccc(C(F)(F)F)nc3)OCC2C1. The Bertz CT molecular complexity index is 1230. The number of nitrogens with zero attached hydrogens (tertiary/aromatic N) is 4. The van der Waals surface area contributed by atoms with Crippen molar-refractivity contribution in [3.63, 3.8) is 0 Å². The lowest BCUT2D eigenvalue weighted by Crippen LogP contribution is -2.59. The molecule has 5 rings (SSSR count). The Kier molecular flexibility index (Phi) is 6.24. The number of aromatic nitrogens is 3. The number of ether oxygens (including phenoxy) is 1. The highest BCUT2D eigenvalue weighted by molar-refractivity contribution is 6.36. The second kappa shape index (κ2) is 9.21. The number of morpholine rings is 1. The molecule has 2 saturated heterocycles. The quantitative estimate of drug-likeness (QED) is 0.536. The van der Waals surface area contributed by atoms with Crippen molar-refractivity contribution in [1.29, 1.82) is 0 Å². The zero-order chi connectivity index (χ0) is 24.7. The first kappa shape index (κ1) is 23.7. The Morgan fingerprint density at radius 2 is 1.94 bits per heavy atom. The minimum atomic E-state index is -4.49. The summed E-state index contributed by atoms with van der Waals surface area (Å²) in [4.78, 5) is 20.6. The molecule has 0 bridgehead atoms.